The molecular formula is C24H25N5O. The molecule has 6 heteroatoms. The van der Waals surface area contributed by atoms with Gasteiger partial charge in [0.15, 0.2) is 5.65 Å². The highest BCUT2D eigenvalue weighted by atomic mass is 16.3. The minimum Gasteiger partial charge on any atom is -0.395 e. The van der Waals surface area contributed by atoms with E-state index in [0.717, 1.165) is 66.6 Å². The van der Waals surface area contributed by atoms with Crippen LogP contribution < -0.4 is 4.90 Å². The first-order valence-electron chi connectivity index (χ1n) is 10.4. The van der Waals surface area contributed by atoms with Crippen molar-refractivity contribution in [2.24, 2.45) is 0 Å². The van der Waals surface area contributed by atoms with Gasteiger partial charge in [0.05, 0.1) is 18.5 Å². The largest absolute Gasteiger partial charge is 0.395 e. The van der Waals surface area contributed by atoms with Crippen LogP contribution in [0.2, 0.25) is 0 Å². The highest BCUT2D eigenvalue weighted by molar-refractivity contribution is 5.80. The molecule has 1 saturated heterocycles. The van der Waals surface area contributed by atoms with E-state index in [1.165, 1.54) is 0 Å². The monoisotopic (exact) mass is 399 g/mol. The van der Waals surface area contributed by atoms with Crippen molar-refractivity contribution in [2.45, 2.75) is 0 Å². The van der Waals surface area contributed by atoms with Gasteiger partial charge in [0.1, 0.15) is 5.82 Å². The molecule has 0 unspecified atom stereocenters. The van der Waals surface area contributed by atoms with Gasteiger partial charge in [-0.2, -0.15) is 9.61 Å². The quantitative estimate of drug-likeness (QED) is 0.559. The van der Waals surface area contributed by atoms with Crippen LogP contribution in [0.25, 0.3) is 28.0 Å². The van der Waals surface area contributed by atoms with Gasteiger partial charge in [0, 0.05) is 49.9 Å². The summed E-state index contributed by atoms with van der Waals surface area (Å²) in [6.45, 7) is 4.59. The maximum atomic E-state index is 9.24. The molecule has 152 valence electrons. The molecule has 1 aliphatic heterocycles. The smallest absolute Gasteiger partial charge is 0.165 e. The third kappa shape index (κ3) is 3.56. The number of hydrogen-bond acceptors (Lipinski definition) is 5. The fraction of sp³-hybridized carbons (Fsp3) is 0.250. The van der Waals surface area contributed by atoms with Crippen LogP contribution in [0.1, 0.15) is 0 Å². The number of benzene rings is 2. The van der Waals surface area contributed by atoms with E-state index >= 15 is 0 Å². The Bertz CT molecular complexity index is 1120. The van der Waals surface area contributed by atoms with Gasteiger partial charge in [0.2, 0.25) is 0 Å². The van der Waals surface area contributed by atoms with E-state index in [9.17, 15) is 5.11 Å². The van der Waals surface area contributed by atoms with Gasteiger partial charge in [-0.3, -0.25) is 4.90 Å². The first-order chi connectivity index (χ1) is 14.8. The molecular weight excluding hydrogens is 374 g/mol. The molecule has 5 rings (SSSR count). The van der Waals surface area contributed by atoms with Gasteiger partial charge in [-0.25, -0.2) is 4.98 Å². The van der Waals surface area contributed by atoms with Gasteiger partial charge >= 0.3 is 0 Å². The number of hydrogen-bond donors (Lipinski definition) is 1. The number of rotatable bonds is 5. The van der Waals surface area contributed by atoms with Gasteiger partial charge in [-0.15, -0.1) is 0 Å². The van der Waals surface area contributed by atoms with Crippen LogP contribution in [-0.4, -0.2) is 63.9 Å². The lowest BCUT2D eigenvalue weighted by molar-refractivity contribution is 0.188. The molecule has 1 N–H and O–H groups in total. The van der Waals surface area contributed by atoms with Crippen LogP contribution >= 0.6 is 0 Å². The summed E-state index contributed by atoms with van der Waals surface area (Å²) < 4.78 is 1.97. The van der Waals surface area contributed by atoms with Gasteiger partial charge in [-0.1, -0.05) is 60.7 Å². The summed E-state index contributed by atoms with van der Waals surface area (Å²) in [5.41, 5.74) is 5.07. The number of aromatic nitrogens is 3. The highest BCUT2D eigenvalue weighted by Crippen LogP contribution is 2.30. The van der Waals surface area contributed by atoms with E-state index in [1.54, 1.807) is 0 Å². The fourth-order valence-electron chi connectivity index (χ4n) is 4.09. The average Bonchev–Trinajstić information content (AvgIpc) is 3.24. The molecule has 2 aromatic carbocycles. The van der Waals surface area contributed by atoms with Crippen LogP contribution in [0, 0.1) is 0 Å². The Hall–Kier alpha value is -3.22. The molecule has 1 aliphatic rings. The van der Waals surface area contributed by atoms with E-state index in [0.29, 0.717) is 0 Å². The van der Waals surface area contributed by atoms with Crippen molar-refractivity contribution in [1.82, 2.24) is 19.5 Å². The van der Waals surface area contributed by atoms with Crippen LogP contribution in [0.5, 0.6) is 0 Å². The summed E-state index contributed by atoms with van der Waals surface area (Å²) in [6.07, 6.45) is 1.91. The molecule has 2 aromatic heterocycles. The minimum absolute atomic E-state index is 0.206. The molecule has 0 spiro atoms. The Labute approximate surface area is 176 Å². The highest BCUT2D eigenvalue weighted by Gasteiger charge is 2.22. The molecule has 4 aromatic rings. The van der Waals surface area contributed by atoms with Crippen molar-refractivity contribution < 1.29 is 5.11 Å². The second-order valence-electron chi connectivity index (χ2n) is 7.58. The minimum atomic E-state index is 0.206. The zero-order valence-corrected chi connectivity index (χ0v) is 16.9. The molecule has 0 radical (unpaired) electrons. The number of anilines is 1. The molecule has 30 heavy (non-hydrogen) atoms. The molecule has 0 bridgehead atoms. The Kier molecular flexibility index (Phi) is 5.17. The van der Waals surface area contributed by atoms with E-state index in [4.69, 9.17) is 10.1 Å². The second-order valence-corrected chi connectivity index (χ2v) is 7.58. The summed E-state index contributed by atoms with van der Waals surface area (Å²) in [5, 5.41) is 14.0. The normalized spacial score (nSPS) is 15.0. The summed E-state index contributed by atoms with van der Waals surface area (Å²) in [7, 11) is 0. The molecule has 0 aliphatic carbocycles. The van der Waals surface area contributed by atoms with Crippen molar-refractivity contribution in [3.8, 4) is 22.4 Å². The zero-order chi connectivity index (χ0) is 20.3. The Morgan fingerprint density at radius 1 is 0.833 bits per heavy atom. The molecule has 6 nitrogen and oxygen atoms in total. The molecule has 0 atom stereocenters. The van der Waals surface area contributed by atoms with Crippen LogP contribution in [0.15, 0.2) is 72.9 Å². The Morgan fingerprint density at radius 2 is 1.50 bits per heavy atom. The van der Waals surface area contributed by atoms with Crippen molar-refractivity contribution in [3.05, 3.63) is 72.9 Å². The average molecular weight is 399 g/mol. The van der Waals surface area contributed by atoms with Gasteiger partial charge < -0.3 is 10.0 Å². The van der Waals surface area contributed by atoms with Gasteiger partial charge in [-0.05, 0) is 5.56 Å². The number of aliphatic hydroxyl groups excluding tert-OH is 1. The summed E-state index contributed by atoms with van der Waals surface area (Å²) in [6, 6.07) is 22.8. The maximum absolute atomic E-state index is 9.24. The molecule has 1 fully saturated rings. The van der Waals surface area contributed by atoms with E-state index in [2.05, 4.69) is 40.1 Å². The van der Waals surface area contributed by atoms with Crippen LogP contribution in [-0.2, 0) is 0 Å². The fourth-order valence-corrected chi connectivity index (χ4v) is 4.09. The summed E-state index contributed by atoms with van der Waals surface area (Å²) in [4.78, 5) is 9.68. The number of fused-ring (bicyclic) bond motifs is 1. The van der Waals surface area contributed by atoms with Crippen LogP contribution in [0.3, 0.4) is 0 Å². The predicted octanol–water partition coefficient (Wildman–Crippen LogP) is 3.18. The van der Waals surface area contributed by atoms with E-state index in [1.807, 2.05) is 47.1 Å². The second kappa shape index (κ2) is 8.26. The number of aliphatic hydroxyl groups is 1. The van der Waals surface area contributed by atoms with Crippen LogP contribution in [0.4, 0.5) is 5.82 Å². The van der Waals surface area contributed by atoms with Crippen molar-refractivity contribution in [1.29, 1.82) is 0 Å². The predicted molar refractivity (Wildman–Crippen MR) is 120 cm³/mol. The SMILES string of the molecule is OCCN1CCN(c2cc(-c3ccccc3)nc3c(-c4ccccc4)cnn23)CC1. The first-order valence-corrected chi connectivity index (χ1v) is 10.4. The Morgan fingerprint density at radius 3 is 2.17 bits per heavy atom. The molecule has 0 saturated carbocycles. The number of nitrogens with zero attached hydrogens (tertiary/aromatic N) is 5. The lowest BCUT2D eigenvalue weighted by Gasteiger charge is -2.35. The third-order valence-electron chi connectivity index (χ3n) is 5.72. The van der Waals surface area contributed by atoms with E-state index in [-0.39, 0.29) is 6.61 Å². The summed E-state index contributed by atoms with van der Waals surface area (Å²) in [5.74, 6) is 1.06. The first kappa shape index (κ1) is 18.8. The molecule has 3 heterocycles. The third-order valence-corrected chi connectivity index (χ3v) is 5.72. The number of β-amino-alcohol motifs (C(OH)–C–C–N with tert-alkyl or cyclic N) is 1. The molecule has 0 amide bonds. The lowest BCUT2D eigenvalue weighted by atomic mass is 10.1. The number of piperazine rings is 1. The van der Waals surface area contributed by atoms with E-state index < -0.39 is 0 Å². The van der Waals surface area contributed by atoms with Crippen molar-refractivity contribution in [3.63, 3.8) is 0 Å². The summed E-state index contributed by atoms with van der Waals surface area (Å²) >= 11 is 0. The zero-order valence-electron chi connectivity index (χ0n) is 16.9. The van der Waals surface area contributed by atoms with Crippen molar-refractivity contribution in [2.75, 3.05) is 44.2 Å². The van der Waals surface area contributed by atoms with Crippen molar-refractivity contribution >= 4 is 11.5 Å². The van der Waals surface area contributed by atoms with Gasteiger partial charge in [0.25, 0.3) is 0 Å². The standard InChI is InChI=1S/C24H25N5O/c30-16-15-27-11-13-28(14-12-27)23-17-22(20-9-5-2-6-10-20)26-24-21(18-25-29(23)24)19-7-3-1-4-8-19/h1-10,17-18,30H,11-16H2. The topological polar surface area (TPSA) is 56.9 Å². The maximum Gasteiger partial charge on any atom is 0.165 e. The Balaban J connectivity index is 1.61. The lowest BCUT2D eigenvalue weighted by Crippen LogP contribution is -2.47.